The summed E-state index contributed by atoms with van der Waals surface area (Å²) in [7, 11) is 0. The number of thiazole rings is 1. The fourth-order valence-electron chi connectivity index (χ4n) is 1.61. The minimum absolute atomic E-state index is 0.0655. The lowest BCUT2D eigenvalue weighted by Crippen LogP contribution is -2.39. The number of nitrogens with zero attached hydrogens (tertiary/aromatic N) is 2. The number of hydrogen-bond acceptors (Lipinski definition) is 5. The molecule has 6 heteroatoms. The van der Waals surface area contributed by atoms with Crippen molar-refractivity contribution in [2.75, 3.05) is 25.0 Å². The van der Waals surface area contributed by atoms with E-state index in [1.54, 1.807) is 6.20 Å². The summed E-state index contributed by atoms with van der Waals surface area (Å²) in [5, 5.41) is 5.16. The quantitative estimate of drug-likeness (QED) is 0.845. The molecule has 1 aliphatic rings. The molecule has 5 nitrogen and oxygen atoms in total. The molecule has 1 aromatic heterocycles. The number of ketones is 1. The molecule has 1 amide bonds. The summed E-state index contributed by atoms with van der Waals surface area (Å²) < 4.78 is 0. The highest BCUT2D eigenvalue weighted by atomic mass is 32.1. The second kappa shape index (κ2) is 5.18. The third kappa shape index (κ3) is 3.11. The van der Waals surface area contributed by atoms with Crippen molar-refractivity contribution in [3.05, 3.63) is 11.6 Å². The molecule has 0 aromatic carbocycles. The molecule has 0 spiro atoms. The lowest BCUT2D eigenvalue weighted by molar-refractivity contribution is -0.124. The topological polar surface area (TPSA) is 62.3 Å². The van der Waals surface area contributed by atoms with Gasteiger partial charge in [0.25, 0.3) is 0 Å². The van der Waals surface area contributed by atoms with Crippen LogP contribution in [0.4, 0.5) is 5.13 Å². The largest absolute Gasteiger partial charge is 0.301 e. The van der Waals surface area contributed by atoms with Crippen molar-refractivity contribution in [2.45, 2.75) is 12.8 Å². The Kier molecular flexibility index (Phi) is 3.63. The number of likely N-dealkylation sites (tertiary alicyclic amines) is 1. The summed E-state index contributed by atoms with van der Waals surface area (Å²) >= 11 is 1.40. The number of aromatic nitrogens is 1. The van der Waals surface area contributed by atoms with Gasteiger partial charge in [0, 0.05) is 37.5 Å². The van der Waals surface area contributed by atoms with Gasteiger partial charge in [-0.25, -0.2) is 4.98 Å². The molecule has 1 aromatic rings. The van der Waals surface area contributed by atoms with Crippen LogP contribution in [0.15, 0.2) is 11.6 Å². The number of piperidine rings is 1. The Morgan fingerprint density at radius 2 is 2.25 bits per heavy atom. The zero-order valence-corrected chi connectivity index (χ0v) is 9.63. The van der Waals surface area contributed by atoms with E-state index < -0.39 is 0 Å². The lowest BCUT2D eigenvalue weighted by Gasteiger charge is -2.24. The molecule has 0 saturated carbocycles. The van der Waals surface area contributed by atoms with Gasteiger partial charge in [0.15, 0.2) is 5.13 Å². The predicted molar refractivity (Wildman–Crippen MR) is 61.4 cm³/mol. The Morgan fingerprint density at radius 3 is 2.88 bits per heavy atom. The smallest absolute Gasteiger partial charge is 0.240 e. The zero-order valence-electron chi connectivity index (χ0n) is 8.81. The summed E-state index contributed by atoms with van der Waals surface area (Å²) in [6.45, 7) is 1.71. The van der Waals surface area contributed by atoms with Crippen molar-refractivity contribution in [3.63, 3.8) is 0 Å². The first-order chi connectivity index (χ1) is 7.74. The number of Topliss-reactive ketones (excluding diaryl/α,β-unsaturated/α-hetero) is 1. The molecular weight excluding hydrogens is 226 g/mol. The monoisotopic (exact) mass is 239 g/mol. The summed E-state index contributed by atoms with van der Waals surface area (Å²) in [6.07, 6.45) is 2.77. The van der Waals surface area contributed by atoms with Crippen molar-refractivity contribution in [1.29, 1.82) is 0 Å². The zero-order chi connectivity index (χ0) is 11.4. The maximum Gasteiger partial charge on any atom is 0.240 e. The van der Waals surface area contributed by atoms with Gasteiger partial charge in [-0.15, -0.1) is 11.3 Å². The molecule has 1 fully saturated rings. The van der Waals surface area contributed by atoms with Crippen LogP contribution in [0.25, 0.3) is 0 Å². The van der Waals surface area contributed by atoms with Gasteiger partial charge in [-0.1, -0.05) is 0 Å². The fourth-order valence-corrected chi connectivity index (χ4v) is 2.15. The molecule has 0 unspecified atom stereocenters. The van der Waals surface area contributed by atoms with E-state index in [1.165, 1.54) is 11.3 Å². The van der Waals surface area contributed by atoms with E-state index in [0.29, 0.717) is 37.6 Å². The number of anilines is 1. The number of hydrogen-bond donors (Lipinski definition) is 1. The van der Waals surface area contributed by atoms with Crippen LogP contribution in [0.3, 0.4) is 0 Å². The van der Waals surface area contributed by atoms with Crippen LogP contribution in [-0.4, -0.2) is 41.2 Å². The van der Waals surface area contributed by atoms with Crippen molar-refractivity contribution >= 4 is 28.2 Å². The number of rotatable bonds is 3. The first kappa shape index (κ1) is 11.2. The van der Waals surface area contributed by atoms with Gasteiger partial charge in [-0.3, -0.25) is 14.5 Å². The van der Waals surface area contributed by atoms with Crippen LogP contribution >= 0.6 is 11.3 Å². The van der Waals surface area contributed by atoms with Gasteiger partial charge in [-0.05, 0) is 0 Å². The number of carbonyl (C=O) groups is 2. The lowest BCUT2D eigenvalue weighted by atomic mass is 10.1. The molecule has 1 N–H and O–H groups in total. The maximum absolute atomic E-state index is 11.6. The Hall–Kier alpha value is -1.27. The standard InChI is InChI=1S/C10H13N3O2S/c14-8-1-4-13(5-2-8)7-9(15)12-10-11-3-6-16-10/h3,6H,1-2,4-5,7H2,(H,11,12,15). The minimum Gasteiger partial charge on any atom is -0.301 e. The van der Waals surface area contributed by atoms with Gasteiger partial charge >= 0.3 is 0 Å². The minimum atomic E-state index is -0.0655. The molecule has 16 heavy (non-hydrogen) atoms. The third-order valence-corrected chi connectivity index (χ3v) is 3.15. The van der Waals surface area contributed by atoms with E-state index in [-0.39, 0.29) is 11.7 Å². The summed E-state index contributed by atoms with van der Waals surface area (Å²) in [5.74, 6) is 0.223. The van der Waals surface area contributed by atoms with Crippen LogP contribution in [0.5, 0.6) is 0 Å². The van der Waals surface area contributed by atoms with E-state index in [9.17, 15) is 9.59 Å². The molecule has 2 heterocycles. The summed E-state index contributed by atoms with van der Waals surface area (Å²) in [5.41, 5.74) is 0. The average molecular weight is 239 g/mol. The van der Waals surface area contributed by atoms with E-state index in [0.717, 1.165) is 0 Å². The fraction of sp³-hybridized carbons (Fsp3) is 0.500. The Balaban J connectivity index is 1.77. The predicted octanol–water partition coefficient (Wildman–Crippen LogP) is 0.746. The molecule has 0 atom stereocenters. The molecule has 1 saturated heterocycles. The van der Waals surface area contributed by atoms with Gasteiger partial charge in [0.2, 0.25) is 5.91 Å². The van der Waals surface area contributed by atoms with E-state index in [2.05, 4.69) is 10.3 Å². The first-order valence-electron chi connectivity index (χ1n) is 5.17. The first-order valence-corrected chi connectivity index (χ1v) is 6.05. The molecule has 0 bridgehead atoms. The van der Waals surface area contributed by atoms with Crippen LogP contribution in [0.2, 0.25) is 0 Å². The summed E-state index contributed by atoms with van der Waals surface area (Å²) in [4.78, 5) is 28.6. The molecule has 1 aliphatic heterocycles. The molecule has 2 rings (SSSR count). The van der Waals surface area contributed by atoms with Gasteiger partial charge in [0.05, 0.1) is 6.54 Å². The Bertz CT molecular complexity index is 367. The highest BCUT2D eigenvalue weighted by molar-refractivity contribution is 7.13. The van der Waals surface area contributed by atoms with Crippen LogP contribution in [0.1, 0.15) is 12.8 Å². The number of nitrogens with one attached hydrogen (secondary N) is 1. The molecular formula is C10H13N3O2S. The highest BCUT2D eigenvalue weighted by Gasteiger charge is 2.18. The van der Waals surface area contributed by atoms with Crippen molar-refractivity contribution in [3.8, 4) is 0 Å². The van der Waals surface area contributed by atoms with Gasteiger partial charge < -0.3 is 5.32 Å². The van der Waals surface area contributed by atoms with Crippen molar-refractivity contribution in [1.82, 2.24) is 9.88 Å². The van der Waals surface area contributed by atoms with E-state index in [4.69, 9.17) is 0 Å². The van der Waals surface area contributed by atoms with Crippen LogP contribution in [-0.2, 0) is 9.59 Å². The van der Waals surface area contributed by atoms with Crippen LogP contribution in [0, 0.1) is 0 Å². The van der Waals surface area contributed by atoms with Gasteiger partial charge in [0.1, 0.15) is 5.78 Å². The normalized spacial score (nSPS) is 17.4. The van der Waals surface area contributed by atoms with E-state index in [1.807, 2.05) is 10.3 Å². The Labute approximate surface area is 97.5 Å². The third-order valence-electron chi connectivity index (χ3n) is 2.46. The van der Waals surface area contributed by atoms with Crippen LogP contribution < -0.4 is 5.32 Å². The van der Waals surface area contributed by atoms with Gasteiger partial charge in [-0.2, -0.15) is 0 Å². The SMILES string of the molecule is O=C1CCN(CC(=O)Nc2nccs2)CC1. The Morgan fingerprint density at radius 1 is 1.50 bits per heavy atom. The second-order valence-electron chi connectivity index (χ2n) is 3.70. The number of carbonyl (C=O) groups excluding carboxylic acids is 2. The summed E-state index contributed by atoms with van der Waals surface area (Å²) in [6, 6.07) is 0. The average Bonchev–Trinajstić information content (AvgIpc) is 2.74. The molecule has 0 radical (unpaired) electrons. The van der Waals surface area contributed by atoms with Crippen molar-refractivity contribution in [2.24, 2.45) is 0 Å². The second-order valence-corrected chi connectivity index (χ2v) is 4.59. The molecule has 86 valence electrons. The molecule has 0 aliphatic carbocycles. The number of amides is 1. The van der Waals surface area contributed by atoms with E-state index >= 15 is 0 Å². The maximum atomic E-state index is 11.6. The highest BCUT2D eigenvalue weighted by Crippen LogP contribution is 2.10. The van der Waals surface area contributed by atoms with Crippen molar-refractivity contribution < 1.29 is 9.59 Å².